The number of hydrogen-bond acceptors (Lipinski definition) is 4. The van der Waals surface area contributed by atoms with Gasteiger partial charge in [-0.1, -0.05) is 42.0 Å². The summed E-state index contributed by atoms with van der Waals surface area (Å²) in [6.45, 7) is 6.12. The van der Waals surface area contributed by atoms with Crippen molar-refractivity contribution < 1.29 is 13.2 Å². The number of nitrogens with one attached hydrogen (secondary N) is 2. The van der Waals surface area contributed by atoms with Crippen molar-refractivity contribution in [3.63, 3.8) is 0 Å². The minimum absolute atomic E-state index is 0.0482. The summed E-state index contributed by atoms with van der Waals surface area (Å²) in [5.74, 6) is -0.330. The van der Waals surface area contributed by atoms with Gasteiger partial charge in [-0.05, 0) is 57.5 Å². The number of carbonyl (C=O) groups is 1. The van der Waals surface area contributed by atoms with Gasteiger partial charge in [-0.15, -0.1) is 0 Å². The average Bonchev–Trinajstić information content (AvgIpc) is 3.24. The highest BCUT2D eigenvalue weighted by Gasteiger charge is 2.24. The number of hydrogen-bond donors (Lipinski definition) is 2. The number of sulfonamides is 1. The van der Waals surface area contributed by atoms with Gasteiger partial charge in [0, 0.05) is 6.54 Å². The Balaban J connectivity index is 1.76. The summed E-state index contributed by atoms with van der Waals surface area (Å²) in [5, 5.41) is 3.02. The number of aryl methyl sites for hydroxylation is 1. The maximum Gasteiger partial charge on any atom is 0.253 e. The van der Waals surface area contributed by atoms with Gasteiger partial charge in [0.15, 0.2) is 0 Å². The molecule has 0 radical (unpaired) electrons. The highest BCUT2D eigenvalue weighted by Crippen LogP contribution is 2.25. The first-order valence-electron chi connectivity index (χ1n) is 10.1. The van der Waals surface area contributed by atoms with E-state index in [1.54, 1.807) is 31.2 Å². The van der Waals surface area contributed by atoms with Crippen LogP contribution >= 0.6 is 0 Å². The lowest BCUT2D eigenvalue weighted by Gasteiger charge is -2.28. The van der Waals surface area contributed by atoms with Crippen LogP contribution in [0.1, 0.15) is 47.3 Å². The SMILES string of the molecule is CCS(=O)(=O)Nc1ccccc1C(=O)NCC(c1ccc(C)cc1)N1CCCC1. The van der Waals surface area contributed by atoms with E-state index in [0.29, 0.717) is 17.8 Å². The zero-order valence-electron chi connectivity index (χ0n) is 17.0. The van der Waals surface area contributed by atoms with Crippen molar-refractivity contribution in [1.82, 2.24) is 10.2 Å². The van der Waals surface area contributed by atoms with E-state index in [1.807, 2.05) is 0 Å². The van der Waals surface area contributed by atoms with Gasteiger partial charge < -0.3 is 5.32 Å². The van der Waals surface area contributed by atoms with Crippen LogP contribution in [0.5, 0.6) is 0 Å². The van der Waals surface area contributed by atoms with E-state index in [1.165, 1.54) is 11.1 Å². The van der Waals surface area contributed by atoms with Crippen molar-refractivity contribution in [2.45, 2.75) is 32.7 Å². The van der Waals surface area contributed by atoms with Crippen LogP contribution in [-0.4, -0.2) is 44.6 Å². The fourth-order valence-corrected chi connectivity index (χ4v) is 4.25. The topological polar surface area (TPSA) is 78.5 Å². The summed E-state index contributed by atoms with van der Waals surface area (Å²) >= 11 is 0. The second-order valence-corrected chi connectivity index (χ2v) is 9.44. The molecule has 0 saturated carbocycles. The van der Waals surface area contributed by atoms with Crippen LogP contribution in [0.15, 0.2) is 48.5 Å². The molecular weight excluding hydrogens is 386 g/mol. The van der Waals surface area contributed by atoms with Gasteiger partial charge in [-0.3, -0.25) is 14.4 Å². The van der Waals surface area contributed by atoms with E-state index in [4.69, 9.17) is 0 Å². The predicted molar refractivity (Wildman–Crippen MR) is 117 cm³/mol. The smallest absolute Gasteiger partial charge is 0.253 e. The highest BCUT2D eigenvalue weighted by molar-refractivity contribution is 7.92. The highest BCUT2D eigenvalue weighted by atomic mass is 32.2. The summed E-state index contributed by atoms with van der Waals surface area (Å²) in [6, 6.07) is 15.2. The van der Waals surface area contributed by atoms with E-state index in [-0.39, 0.29) is 17.7 Å². The Bertz CT molecular complexity index is 936. The molecule has 1 amide bonds. The Morgan fingerprint density at radius 2 is 1.72 bits per heavy atom. The molecule has 1 unspecified atom stereocenters. The van der Waals surface area contributed by atoms with Gasteiger partial charge in [-0.25, -0.2) is 8.42 Å². The van der Waals surface area contributed by atoms with Crippen LogP contribution < -0.4 is 10.0 Å². The Hall–Kier alpha value is -2.38. The van der Waals surface area contributed by atoms with Gasteiger partial charge in [0.2, 0.25) is 10.0 Å². The lowest BCUT2D eigenvalue weighted by Crippen LogP contribution is -2.37. The van der Waals surface area contributed by atoms with E-state index in [2.05, 4.69) is 46.1 Å². The summed E-state index contributed by atoms with van der Waals surface area (Å²) in [6.07, 6.45) is 2.33. The van der Waals surface area contributed by atoms with E-state index < -0.39 is 10.0 Å². The van der Waals surface area contributed by atoms with Crippen LogP contribution in [0.3, 0.4) is 0 Å². The van der Waals surface area contributed by atoms with Crippen molar-refractivity contribution in [1.29, 1.82) is 0 Å². The third-order valence-corrected chi connectivity index (χ3v) is 6.61. The van der Waals surface area contributed by atoms with Crippen molar-refractivity contribution >= 4 is 21.6 Å². The van der Waals surface area contributed by atoms with Gasteiger partial charge in [0.1, 0.15) is 0 Å². The third kappa shape index (κ3) is 5.58. The van der Waals surface area contributed by atoms with E-state index in [0.717, 1.165) is 25.9 Å². The maximum absolute atomic E-state index is 12.9. The number of amides is 1. The minimum Gasteiger partial charge on any atom is -0.350 e. The molecule has 2 aromatic rings. The fraction of sp³-hybridized carbons (Fsp3) is 0.409. The molecule has 0 spiro atoms. The van der Waals surface area contributed by atoms with Gasteiger partial charge in [0.25, 0.3) is 5.91 Å². The molecule has 3 rings (SSSR count). The first-order valence-corrected chi connectivity index (χ1v) is 11.7. The molecule has 1 aliphatic rings. The first kappa shape index (κ1) is 21.3. The van der Waals surface area contributed by atoms with E-state index in [9.17, 15) is 13.2 Å². The molecule has 0 bridgehead atoms. The normalized spacial score (nSPS) is 15.8. The Morgan fingerprint density at radius 1 is 1.07 bits per heavy atom. The molecule has 0 aliphatic carbocycles. The van der Waals surface area contributed by atoms with E-state index >= 15 is 0 Å². The molecule has 7 heteroatoms. The number of anilines is 1. The van der Waals surface area contributed by atoms with Crippen molar-refractivity contribution in [2.24, 2.45) is 0 Å². The minimum atomic E-state index is -3.46. The van der Waals surface area contributed by atoms with Crippen LogP contribution in [0.25, 0.3) is 0 Å². The Labute approximate surface area is 173 Å². The maximum atomic E-state index is 12.9. The molecule has 1 fully saturated rings. The summed E-state index contributed by atoms with van der Waals surface area (Å²) in [7, 11) is -3.46. The quantitative estimate of drug-likeness (QED) is 0.693. The van der Waals surface area contributed by atoms with Gasteiger partial charge >= 0.3 is 0 Å². The largest absolute Gasteiger partial charge is 0.350 e. The molecule has 1 saturated heterocycles. The molecule has 29 heavy (non-hydrogen) atoms. The fourth-order valence-electron chi connectivity index (χ4n) is 3.59. The van der Waals surface area contributed by atoms with Gasteiger partial charge in [0.05, 0.1) is 23.0 Å². The zero-order valence-corrected chi connectivity index (χ0v) is 17.8. The number of benzene rings is 2. The summed E-state index contributed by atoms with van der Waals surface area (Å²) < 4.78 is 26.4. The van der Waals surface area contributed by atoms with Gasteiger partial charge in [-0.2, -0.15) is 0 Å². The molecule has 0 aromatic heterocycles. The van der Waals surface area contributed by atoms with Crippen LogP contribution in [0.2, 0.25) is 0 Å². The number of likely N-dealkylation sites (tertiary alicyclic amines) is 1. The average molecular weight is 416 g/mol. The summed E-state index contributed by atoms with van der Waals surface area (Å²) in [5.41, 5.74) is 3.02. The predicted octanol–water partition coefficient (Wildman–Crippen LogP) is 3.32. The van der Waals surface area contributed by atoms with Crippen molar-refractivity contribution in [2.75, 3.05) is 30.1 Å². The Morgan fingerprint density at radius 3 is 2.38 bits per heavy atom. The molecule has 2 N–H and O–H groups in total. The Kier molecular flexibility index (Phi) is 6.92. The lowest BCUT2D eigenvalue weighted by molar-refractivity contribution is 0.0939. The zero-order chi connectivity index (χ0) is 20.9. The van der Waals surface area contributed by atoms with Crippen LogP contribution in [-0.2, 0) is 10.0 Å². The number of carbonyl (C=O) groups excluding carboxylic acids is 1. The molecule has 156 valence electrons. The second kappa shape index (κ2) is 9.41. The molecule has 1 atom stereocenters. The summed E-state index contributed by atoms with van der Waals surface area (Å²) in [4.78, 5) is 15.3. The number of rotatable bonds is 8. The monoisotopic (exact) mass is 415 g/mol. The molecule has 2 aromatic carbocycles. The van der Waals surface area contributed by atoms with Crippen molar-refractivity contribution in [3.8, 4) is 0 Å². The molecule has 6 nitrogen and oxygen atoms in total. The van der Waals surface area contributed by atoms with Crippen LogP contribution in [0.4, 0.5) is 5.69 Å². The molecule has 1 aliphatic heterocycles. The number of nitrogens with zero attached hydrogens (tertiary/aromatic N) is 1. The standard InChI is InChI=1S/C22H29N3O3S/c1-3-29(27,28)24-20-9-5-4-8-19(20)22(26)23-16-21(25-14-6-7-15-25)18-12-10-17(2)11-13-18/h4-5,8-13,21,24H,3,6-7,14-16H2,1-2H3,(H,23,26). The van der Waals surface area contributed by atoms with Crippen molar-refractivity contribution in [3.05, 3.63) is 65.2 Å². The second-order valence-electron chi connectivity index (χ2n) is 7.43. The molecule has 1 heterocycles. The number of para-hydroxylation sites is 1. The van der Waals surface area contributed by atoms with Crippen LogP contribution in [0, 0.1) is 6.92 Å². The third-order valence-electron chi connectivity index (χ3n) is 5.32. The first-order chi connectivity index (χ1) is 13.9. The molecular formula is C22H29N3O3S. The lowest BCUT2D eigenvalue weighted by atomic mass is 10.0.